The van der Waals surface area contributed by atoms with Gasteiger partial charge in [0, 0.05) is 12.1 Å². The SMILES string of the molecule is CC(C)[C@H](N)C(=O)[O-].CC(C)[C@H](N)C(=O)[O-].[Zn+2]. The summed E-state index contributed by atoms with van der Waals surface area (Å²) < 4.78 is 0. The van der Waals surface area contributed by atoms with E-state index < -0.39 is 24.0 Å². The van der Waals surface area contributed by atoms with E-state index in [4.69, 9.17) is 11.5 Å². The quantitative estimate of drug-likeness (QED) is 0.548. The van der Waals surface area contributed by atoms with E-state index in [-0.39, 0.29) is 31.3 Å². The number of hydrogen-bond donors (Lipinski definition) is 2. The van der Waals surface area contributed by atoms with Gasteiger partial charge in [0.1, 0.15) is 0 Å². The molecule has 0 aliphatic rings. The summed E-state index contributed by atoms with van der Waals surface area (Å²) in [6, 6.07) is -1.65. The normalized spacial score (nSPS) is 13.2. The summed E-state index contributed by atoms with van der Waals surface area (Å²) in [6.45, 7) is 6.95. The van der Waals surface area contributed by atoms with E-state index in [2.05, 4.69) is 0 Å². The number of hydrogen-bond acceptors (Lipinski definition) is 6. The predicted molar refractivity (Wildman–Crippen MR) is 55.6 cm³/mol. The minimum absolute atomic E-state index is 0. The van der Waals surface area contributed by atoms with Crippen molar-refractivity contribution in [1.82, 2.24) is 0 Å². The van der Waals surface area contributed by atoms with Gasteiger partial charge in [-0.25, -0.2) is 0 Å². The van der Waals surface area contributed by atoms with E-state index in [0.717, 1.165) is 0 Å². The van der Waals surface area contributed by atoms with Gasteiger partial charge in [-0.3, -0.25) is 0 Å². The number of carbonyl (C=O) groups excluding carboxylic acids is 2. The fraction of sp³-hybridized carbons (Fsp3) is 0.800. The molecule has 0 spiro atoms. The van der Waals surface area contributed by atoms with Crippen LogP contribution in [0.5, 0.6) is 0 Å². The van der Waals surface area contributed by atoms with Crippen LogP contribution in [0.2, 0.25) is 0 Å². The average molecular weight is 298 g/mol. The zero-order valence-corrected chi connectivity index (χ0v) is 13.8. The first-order valence-corrected chi connectivity index (χ1v) is 5.04. The smallest absolute Gasteiger partial charge is 0.548 e. The van der Waals surface area contributed by atoms with Crippen molar-refractivity contribution in [2.75, 3.05) is 0 Å². The fourth-order valence-corrected chi connectivity index (χ4v) is 0.544. The van der Waals surface area contributed by atoms with Gasteiger partial charge >= 0.3 is 19.5 Å². The maximum absolute atomic E-state index is 9.90. The number of carbonyl (C=O) groups is 2. The molecule has 96 valence electrons. The van der Waals surface area contributed by atoms with Crippen LogP contribution in [0.3, 0.4) is 0 Å². The van der Waals surface area contributed by atoms with Crippen molar-refractivity contribution < 1.29 is 39.3 Å². The first-order valence-electron chi connectivity index (χ1n) is 5.04. The molecule has 2 atom stereocenters. The standard InChI is InChI=1S/2C5H11NO2.Zn/c2*1-3(2)4(6)5(7)8;/h2*3-4H,6H2,1-2H3,(H,7,8);/q;;+2/p-2/t2*4-;/m00./s1. The van der Waals surface area contributed by atoms with E-state index in [1.807, 2.05) is 0 Å². The van der Waals surface area contributed by atoms with Crippen LogP contribution >= 0.6 is 0 Å². The Bertz CT molecular complexity index is 210. The van der Waals surface area contributed by atoms with Crippen molar-refractivity contribution in [1.29, 1.82) is 0 Å². The Kier molecular flexibility index (Phi) is 13.6. The molecule has 0 rings (SSSR count). The Balaban J connectivity index is -0.000000218. The third-order valence-corrected chi connectivity index (χ3v) is 1.98. The third kappa shape index (κ3) is 11.7. The molecule has 0 fully saturated rings. The van der Waals surface area contributed by atoms with Crippen LogP contribution in [-0.4, -0.2) is 24.0 Å². The molecule has 0 aliphatic carbocycles. The Morgan fingerprint density at radius 2 is 1.00 bits per heavy atom. The molecule has 4 N–H and O–H groups in total. The van der Waals surface area contributed by atoms with Crippen molar-refractivity contribution >= 4 is 11.9 Å². The molecule has 17 heavy (non-hydrogen) atoms. The Morgan fingerprint density at radius 3 is 1.00 bits per heavy atom. The Morgan fingerprint density at radius 1 is 0.824 bits per heavy atom. The minimum atomic E-state index is -1.18. The van der Waals surface area contributed by atoms with Crippen LogP contribution in [0.4, 0.5) is 0 Å². The zero-order chi connectivity index (χ0) is 13.5. The van der Waals surface area contributed by atoms with Crippen LogP contribution in [-0.2, 0) is 29.1 Å². The van der Waals surface area contributed by atoms with E-state index in [0.29, 0.717) is 0 Å². The van der Waals surface area contributed by atoms with Crippen LogP contribution in [0.15, 0.2) is 0 Å². The molecule has 6 nitrogen and oxygen atoms in total. The Labute approximate surface area is 115 Å². The fourth-order valence-electron chi connectivity index (χ4n) is 0.544. The van der Waals surface area contributed by atoms with E-state index in [1.165, 1.54) is 0 Å². The second-order valence-corrected chi connectivity index (χ2v) is 4.18. The van der Waals surface area contributed by atoms with E-state index in [9.17, 15) is 19.8 Å². The molecule has 7 heteroatoms. The third-order valence-electron chi connectivity index (χ3n) is 1.98. The van der Waals surface area contributed by atoms with E-state index in [1.54, 1.807) is 27.7 Å². The summed E-state index contributed by atoms with van der Waals surface area (Å²) >= 11 is 0. The van der Waals surface area contributed by atoms with E-state index >= 15 is 0 Å². The largest absolute Gasteiger partial charge is 2.00 e. The van der Waals surface area contributed by atoms with Gasteiger partial charge in [0.15, 0.2) is 0 Å². The molecular formula is C10H20N2O4Zn. The second kappa shape index (κ2) is 10.6. The van der Waals surface area contributed by atoms with Gasteiger partial charge in [-0.1, -0.05) is 27.7 Å². The molecule has 0 amide bonds. The van der Waals surface area contributed by atoms with Gasteiger partial charge in [0.2, 0.25) is 0 Å². The van der Waals surface area contributed by atoms with Crippen LogP contribution in [0.1, 0.15) is 27.7 Å². The summed E-state index contributed by atoms with van der Waals surface area (Å²) in [6.07, 6.45) is 0. The first kappa shape index (κ1) is 21.7. The van der Waals surface area contributed by atoms with Gasteiger partial charge < -0.3 is 31.3 Å². The van der Waals surface area contributed by atoms with Crippen molar-refractivity contribution in [2.24, 2.45) is 23.3 Å². The van der Waals surface area contributed by atoms with Gasteiger partial charge in [-0.15, -0.1) is 0 Å². The number of rotatable bonds is 4. The number of carboxylic acid groups (broad SMARTS) is 2. The molecule has 0 saturated heterocycles. The van der Waals surface area contributed by atoms with Crippen molar-refractivity contribution in [3.8, 4) is 0 Å². The topological polar surface area (TPSA) is 132 Å². The molecule has 0 aromatic rings. The van der Waals surface area contributed by atoms with Crippen LogP contribution < -0.4 is 21.7 Å². The maximum Gasteiger partial charge on any atom is 2.00 e. The molecule has 0 aromatic carbocycles. The number of aliphatic carboxylic acids is 2. The Hall–Kier alpha value is -0.517. The van der Waals surface area contributed by atoms with Gasteiger partial charge in [0.05, 0.1) is 11.9 Å². The number of carboxylic acids is 2. The van der Waals surface area contributed by atoms with Crippen molar-refractivity contribution in [3.05, 3.63) is 0 Å². The molecule has 0 aliphatic heterocycles. The molecule has 0 unspecified atom stereocenters. The second-order valence-electron chi connectivity index (χ2n) is 4.18. The molecule has 0 heterocycles. The predicted octanol–water partition coefficient (Wildman–Crippen LogP) is -2.56. The monoisotopic (exact) mass is 296 g/mol. The van der Waals surface area contributed by atoms with Gasteiger partial charge in [-0.2, -0.15) is 0 Å². The molecule has 0 aromatic heterocycles. The molecule has 0 saturated carbocycles. The first-order chi connectivity index (χ1) is 7.11. The average Bonchev–Trinajstić information content (AvgIpc) is 2.15. The molecule has 0 bridgehead atoms. The summed E-state index contributed by atoms with van der Waals surface area (Å²) in [5.41, 5.74) is 10.2. The van der Waals surface area contributed by atoms with Crippen LogP contribution in [0.25, 0.3) is 0 Å². The van der Waals surface area contributed by atoms with Crippen LogP contribution in [0, 0.1) is 11.8 Å². The van der Waals surface area contributed by atoms with Gasteiger partial charge in [-0.05, 0) is 11.8 Å². The van der Waals surface area contributed by atoms with Gasteiger partial charge in [0.25, 0.3) is 0 Å². The molecule has 0 radical (unpaired) electrons. The number of nitrogens with two attached hydrogens (primary N) is 2. The molecular weight excluding hydrogens is 278 g/mol. The van der Waals surface area contributed by atoms with Crippen molar-refractivity contribution in [2.45, 2.75) is 39.8 Å². The van der Waals surface area contributed by atoms with Crippen molar-refractivity contribution in [3.63, 3.8) is 0 Å². The minimum Gasteiger partial charge on any atom is -0.548 e. The maximum atomic E-state index is 9.90. The summed E-state index contributed by atoms with van der Waals surface area (Å²) in [5.74, 6) is -2.44. The summed E-state index contributed by atoms with van der Waals surface area (Å²) in [5, 5.41) is 19.8. The summed E-state index contributed by atoms with van der Waals surface area (Å²) in [7, 11) is 0. The zero-order valence-electron chi connectivity index (χ0n) is 10.8. The summed E-state index contributed by atoms with van der Waals surface area (Å²) in [4.78, 5) is 19.8.